The Kier molecular flexibility index (Phi) is 5.41. The zero-order chi connectivity index (χ0) is 18.8. The Morgan fingerprint density at radius 3 is 2.73 bits per heavy atom. The van der Waals surface area contributed by atoms with Gasteiger partial charge in [0.05, 0.1) is 19.5 Å². The first-order valence-electron chi connectivity index (χ1n) is 8.42. The van der Waals surface area contributed by atoms with Crippen molar-refractivity contribution in [1.29, 1.82) is 0 Å². The molecule has 3 heterocycles. The molecule has 0 amide bonds. The molecule has 11 heteroatoms. The van der Waals surface area contributed by atoms with E-state index in [4.69, 9.17) is 10.5 Å². The van der Waals surface area contributed by atoms with Crippen molar-refractivity contribution in [2.45, 2.75) is 44.8 Å². The lowest BCUT2D eigenvalue weighted by Crippen LogP contribution is -2.33. The molecule has 1 saturated heterocycles. The smallest absolute Gasteiger partial charge is 0.272 e. The van der Waals surface area contributed by atoms with Crippen LogP contribution in [0.15, 0.2) is 16.6 Å². The molecule has 0 saturated carbocycles. The topological polar surface area (TPSA) is 164 Å². The summed E-state index contributed by atoms with van der Waals surface area (Å²) in [6, 6.07) is 0. The van der Waals surface area contributed by atoms with Crippen LogP contribution in [0.2, 0.25) is 0 Å². The van der Waals surface area contributed by atoms with E-state index in [9.17, 15) is 15.3 Å². The summed E-state index contributed by atoms with van der Waals surface area (Å²) in [4.78, 5) is 12.5. The van der Waals surface area contributed by atoms with E-state index >= 15 is 0 Å². The molecular formula is C15H23N7O4. The number of fused-ring (bicyclic) bond motifs is 1. The van der Waals surface area contributed by atoms with Crippen molar-refractivity contribution < 1.29 is 20.1 Å². The van der Waals surface area contributed by atoms with Crippen molar-refractivity contribution in [2.24, 2.45) is 16.1 Å². The maximum Gasteiger partial charge on any atom is 0.272 e. The second-order valence-electron chi connectivity index (χ2n) is 6.61. The zero-order valence-corrected chi connectivity index (χ0v) is 14.6. The summed E-state index contributed by atoms with van der Waals surface area (Å²) >= 11 is 0. The minimum atomic E-state index is -1.25. The second kappa shape index (κ2) is 7.58. The highest BCUT2D eigenvalue weighted by Crippen LogP contribution is 2.32. The molecular weight excluding hydrogens is 342 g/mol. The fraction of sp³-hybridized carbons (Fsp3) is 0.667. The fourth-order valence-corrected chi connectivity index (χ4v) is 2.70. The molecule has 2 aromatic heterocycles. The van der Waals surface area contributed by atoms with E-state index in [1.165, 1.54) is 10.9 Å². The Morgan fingerprint density at radius 1 is 1.31 bits per heavy atom. The Hall–Kier alpha value is -2.21. The average molecular weight is 365 g/mol. The number of imidazole rings is 1. The summed E-state index contributed by atoms with van der Waals surface area (Å²) in [6.07, 6.45) is -2.07. The number of aliphatic hydroxyl groups excluding tert-OH is 3. The van der Waals surface area contributed by atoms with Crippen LogP contribution < -0.4 is 5.73 Å². The van der Waals surface area contributed by atoms with Crippen LogP contribution in [-0.2, 0) is 4.74 Å². The molecule has 2 aromatic rings. The van der Waals surface area contributed by atoms with Crippen molar-refractivity contribution in [3.63, 3.8) is 0 Å². The van der Waals surface area contributed by atoms with Crippen molar-refractivity contribution in [2.75, 3.05) is 18.9 Å². The highest BCUT2D eigenvalue weighted by molar-refractivity contribution is 5.82. The van der Waals surface area contributed by atoms with Crippen LogP contribution >= 0.6 is 0 Å². The summed E-state index contributed by atoms with van der Waals surface area (Å²) in [7, 11) is 0. The van der Waals surface area contributed by atoms with Gasteiger partial charge in [-0.1, -0.05) is 13.8 Å². The van der Waals surface area contributed by atoms with Crippen molar-refractivity contribution in [3.05, 3.63) is 6.33 Å². The van der Waals surface area contributed by atoms with Gasteiger partial charge in [0.25, 0.3) is 5.95 Å². The molecule has 1 aliphatic rings. The van der Waals surface area contributed by atoms with Crippen molar-refractivity contribution >= 4 is 22.9 Å². The molecule has 1 aliphatic heterocycles. The van der Waals surface area contributed by atoms with Crippen LogP contribution in [0, 0.1) is 5.92 Å². The second-order valence-corrected chi connectivity index (χ2v) is 6.61. The summed E-state index contributed by atoms with van der Waals surface area (Å²) in [5.41, 5.74) is 6.54. The average Bonchev–Trinajstić information content (AvgIpc) is 3.14. The van der Waals surface area contributed by atoms with Crippen molar-refractivity contribution in [3.8, 4) is 0 Å². The molecule has 0 aliphatic carbocycles. The minimum Gasteiger partial charge on any atom is -0.394 e. The van der Waals surface area contributed by atoms with Gasteiger partial charge in [0, 0.05) is 0 Å². The lowest BCUT2D eigenvalue weighted by molar-refractivity contribution is -0.0511. The van der Waals surface area contributed by atoms with Gasteiger partial charge in [-0.05, 0) is 12.3 Å². The van der Waals surface area contributed by atoms with Gasteiger partial charge in [0.1, 0.15) is 23.8 Å². The van der Waals surface area contributed by atoms with Crippen LogP contribution in [0.25, 0.3) is 11.2 Å². The predicted molar refractivity (Wildman–Crippen MR) is 91.6 cm³/mol. The Bertz CT molecular complexity index is 794. The van der Waals surface area contributed by atoms with Gasteiger partial charge in [-0.2, -0.15) is 15.1 Å². The summed E-state index contributed by atoms with van der Waals surface area (Å²) in [6.45, 7) is 4.31. The summed E-state index contributed by atoms with van der Waals surface area (Å²) in [5.74, 6) is 0.710. The van der Waals surface area contributed by atoms with Gasteiger partial charge in [-0.3, -0.25) is 4.57 Å². The fourth-order valence-electron chi connectivity index (χ4n) is 2.70. The molecule has 11 nitrogen and oxygen atoms in total. The van der Waals surface area contributed by atoms with E-state index in [0.717, 1.165) is 6.42 Å². The zero-order valence-electron chi connectivity index (χ0n) is 14.6. The molecule has 4 atom stereocenters. The highest BCUT2D eigenvalue weighted by atomic mass is 16.6. The normalized spacial score (nSPS) is 26.5. The van der Waals surface area contributed by atoms with Crippen LogP contribution in [0.4, 0.5) is 11.8 Å². The van der Waals surface area contributed by atoms with E-state index < -0.39 is 31.1 Å². The maximum absolute atomic E-state index is 10.2. The van der Waals surface area contributed by atoms with E-state index in [0.29, 0.717) is 23.6 Å². The third-order valence-electron chi connectivity index (χ3n) is 4.19. The monoisotopic (exact) mass is 365 g/mol. The first kappa shape index (κ1) is 18.6. The number of anilines is 1. The van der Waals surface area contributed by atoms with Gasteiger partial charge in [0.15, 0.2) is 17.7 Å². The number of ether oxygens (including phenoxy) is 1. The molecule has 0 spiro atoms. The first-order valence-corrected chi connectivity index (χ1v) is 8.42. The minimum absolute atomic E-state index is 0.0762. The Balaban J connectivity index is 1.90. The van der Waals surface area contributed by atoms with Gasteiger partial charge < -0.3 is 25.8 Å². The number of nitrogen functional groups attached to an aromatic ring is 1. The quantitative estimate of drug-likeness (QED) is 0.525. The molecule has 0 unspecified atom stereocenters. The number of aromatic nitrogens is 4. The number of hydrogen-bond donors (Lipinski definition) is 4. The van der Waals surface area contributed by atoms with E-state index in [-0.39, 0.29) is 11.8 Å². The number of hydrogen-bond acceptors (Lipinski definition) is 10. The predicted octanol–water partition coefficient (Wildman–Crippen LogP) is 0.150. The summed E-state index contributed by atoms with van der Waals surface area (Å²) < 4.78 is 6.94. The van der Waals surface area contributed by atoms with Crippen LogP contribution in [-0.4, -0.2) is 66.3 Å². The van der Waals surface area contributed by atoms with E-state index in [1.807, 2.05) is 0 Å². The Labute approximate surface area is 149 Å². The molecule has 0 aromatic carbocycles. The molecule has 26 heavy (non-hydrogen) atoms. The summed E-state index contributed by atoms with van der Waals surface area (Å²) in [5, 5.41) is 37.4. The van der Waals surface area contributed by atoms with Gasteiger partial charge in [-0.15, -0.1) is 5.11 Å². The van der Waals surface area contributed by atoms with Gasteiger partial charge >= 0.3 is 0 Å². The number of aliphatic hydroxyl groups is 3. The number of nitrogens with two attached hydrogens (primary N) is 1. The van der Waals surface area contributed by atoms with Crippen LogP contribution in [0.5, 0.6) is 0 Å². The molecule has 3 rings (SSSR count). The lowest BCUT2D eigenvalue weighted by atomic mass is 10.1. The van der Waals surface area contributed by atoms with Gasteiger partial charge in [0.2, 0.25) is 0 Å². The molecule has 0 bridgehead atoms. The third-order valence-corrected chi connectivity index (χ3v) is 4.19. The van der Waals surface area contributed by atoms with Crippen LogP contribution in [0.3, 0.4) is 0 Å². The molecule has 142 valence electrons. The van der Waals surface area contributed by atoms with E-state index in [1.54, 1.807) is 0 Å². The highest BCUT2D eigenvalue weighted by Gasteiger charge is 2.44. The van der Waals surface area contributed by atoms with Crippen LogP contribution in [0.1, 0.15) is 26.5 Å². The molecule has 5 N–H and O–H groups in total. The third kappa shape index (κ3) is 3.51. The van der Waals surface area contributed by atoms with Gasteiger partial charge in [-0.25, -0.2) is 4.98 Å². The number of nitrogens with zero attached hydrogens (tertiary/aromatic N) is 6. The first-order chi connectivity index (χ1) is 12.4. The molecule has 1 fully saturated rings. The number of rotatable bonds is 6. The Morgan fingerprint density at radius 2 is 2.08 bits per heavy atom. The molecule has 0 radical (unpaired) electrons. The number of azo groups is 1. The van der Waals surface area contributed by atoms with Crippen molar-refractivity contribution in [1.82, 2.24) is 19.5 Å². The largest absolute Gasteiger partial charge is 0.394 e. The lowest BCUT2D eigenvalue weighted by Gasteiger charge is -2.16. The van der Waals surface area contributed by atoms with E-state index in [2.05, 4.69) is 39.0 Å². The maximum atomic E-state index is 10.2. The standard InChI is InChI=1S/C15H23N7O4/c1-7(2)3-4-18-21-15-19-12(16)9-13(20-15)22(6-17-9)14-11(25)10(24)8(5-23)26-14/h6-8,10-11,14,23-25H,3-5H2,1-2H3,(H2,16,19,20)/t8-,10-,11-,14-/m1/s1. The SMILES string of the molecule is CC(C)CCN=Nc1nc(N)c2ncn([C@@H]3O[C@H](CO)[C@@H](O)[C@H]3O)c2n1.